The Balaban J connectivity index is 1.43. The van der Waals surface area contributed by atoms with Crippen LogP contribution in [0.25, 0.3) is 11.4 Å². The largest absolute Gasteiger partial charge is 0.449 e. The lowest BCUT2D eigenvalue weighted by atomic mass is 10.0. The number of amides is 3. The summed E-state index contributed by atoms with van der Waals surface area (Å²) in [5.74, 6) is -0.309. The van der Waals surface area contributed by atoms with E-state index >= 15 is 0 Å². The maximum Gasteiger partial charge on any atom is 0.409 e. The van der Waals surface area contributed by atoms with E-state index in [1.165, 1.54) is 34.1 Å². The normalized spacial score (nSPS) is 17.2. The molecule has 5 rings (SSSR count). The van der Waals surface area contributed by atoms with Gasteiger partial charge in [0.15, 0.2) is 5.82 Å². The molecule has 15 heteroatoms. The molecule has 2 aliphatic rings. The molecule has 1 aromatic heterocycles. The van der Waals surface area contributed by atoms with Crippen molar-refractivity contribution >= 4 is 36.6 Å². The Bertz CT molecular complexity index is 1650. The number of methoxy groups -OCH3 is 1. The highest BCUT2D eigenvalue weighted by Gasteiger charge is 2.33. The molecule has 2 aromatic carbocycles. The van der Waals surface area contributed by atoms with E-state index in [1.54, 1.807) is 13.2 Å². The van der Waals surface area contributed by atoms with Crippen molar-refractivity contribution in [1.82, 2.24) is 25.1 Å². The molecule has 3 amide bonds. The zero-order valence-corrected chi connectivity index (χ0v) is 27.9. The van der Waals surface area contributed by atoms with Crippen molar-refractivity contribution in [2.75, 3.05) is 57.9 Å². The van der Waals surface area contributed by atoms with E-state index in [-0.39, 0.29) is 48.8 Å². The molecule has 3 heterocycles. The van der Waals surface area contributed by atoms with Crippen LogP contribution in [0.2, 0.25) is 0 Å². The van der Waals surface area contributed by atoms with Crippen molar-refractivity contribution in [2.45, 2.75) is 38.3 Å². The molecule has 0 radical (unpaired) electrons. The van der Waals surface area contributed by atoms with Crippen LogP contribution in [0.4, 0.5) is 10.6 Å². The molecule has 0 saturated carbocycles. The molecule has 1 unspecified atom stereocenters. The standard InChI is InChI=1S/C33H41N6O8P/c1-3-4-19-47-33(42)38-17-15-37(16-18-38)32(41)29(24-11-8-12-26(20-24)48(43,44)45)36-31(40)27-21-28(39-14-13-25(22-39)46-2)35-30(34-27)23-9-6-5-7-10-23/h5-12,20-21,25,29H,3-4,13-19,22H2,1-2H3,(H,36,40)(H2,43,44,45)/t25-,29?/m0/s1. The van der Waals surface area contributed by atoms with Crippen LogP contribution < -0.4 is 15.5 Å². The fourth-order valence-corrected chi connectivity index (χ4v) is 6.22. The van der Waals surface area contributed by atoms with Gasteiger partial charge in [0.2, 0.25) is 5.91 Å². The highest BCUT2D eigenvalue weighted by molar-refractivity contribution is 7.60. The fourth-order valence-electron chi connectivity index (χ4n) is 5.62. The molecular formula is C33H41N6O8P. The number of nitrogens with zero attached hydrogens (tertiary/aromatic N) is 5. The molecule has 3 N–H and O–H groups in total. The average Bonchev–Trinajstić information content (AvgIpc) is 3.60. The van der Waals surface area contributed by atoms with Crippen LogP contribution in [-0.2, 0) is 18.8 Å². The van der Waals surface area contributed by atoms with Crippen LogP contribution >= 0.6 is 7.60 Å². The van der Waals surface area contributed by atoms with Crippen molar-refractivity contribution in [2.24, 2.45) is 0 Å². The van der Waals surface area contributed by atoms with Crippen molar-refractivity contribution in [3.63, 3.8) is 0 Å². The van der Waals surface area contributed by atoms with E-state index in [9.17, 15) is 28.7 Å². The first-order valence-electron chi connectivity index (χ1n) is 16.0. The fraction of sp³-hybridized carbons (Fsp3) is 0.424. The number of rotatable bonds is 11. The number of nitrogens with one attached hydrogen (secondary N) is 1. The third kappa shape index (κ3) is 8.56. The summed E-state index contributed by atoms with van der Waals surface area (Å²) in [6.07, 6.45) is 2.00. The Morgan fingerprint density at radius 1 is 0.979 bits per heavy atom. The van der Waals surface area contributed by atoms with Gasteiger partial charge in [0.1, 0.15) is 17.6 Å². The van der Waals surface area contributed by atoms with Gasteiger partial charge in [0, 0.05) is 58.0 Å². The number of aromatic nitrogens is 2. The van der Waals surface area contributed by atoms with Crippen LogP contribution in [0.15, 0.2) is 60.7 Å². The Kier molecular flexibility index (Phi) is 11.4. The van der Waals surface area contributed by atoms with Gasteiger partial charge in [0.25, 0.3) is 5.91 Å². The Morgan fingerprint density at radius 3 is 2.38 bits per heavy atom. The summed E-state index contributed by atoms with van der Waals surface area (Å²) in [5, 5.41) is 2.50. The van der Waals surface area contributed by atoms with E-state index < -0.39 is 31.5 Å². The summed E-state index contributed by atoms with van der Waals surface area (Å²) in [5.41, 5.74) is 0.905. The van der Waals surface area contributed by atoms with Gasteiger partial charge in [0.05, 0.1) is 18.0 Å². The monoisotopic (exact) mass is 680 g/mol. The zero-order valence-electron chi connectivity index (χ0n) is 27.0. The molecule has 2 saturated heterocycles. The van der Waals surface area contributed by atoms with E-state index in [4.69, 9.17) is 14.5 Å². The first-order valence-corrected chi connectivity index (χ1v) is 17.6. The lowest BCUT2D eigenvalue weighted by Crippen LogP contribution is -2.53. The molecule has 0 spiro atoms. The Morgan fingerprint density at radius 2 is 1.71 bits per heavy atom. The SMILES string of the molecule is CCCCOC(=O)N1CCN(C(=O)C(NC(=O)c2cc(N3CC[C@H](OC)C3)nc(-c3ccccc3)n2)c2cccc(P(=O)(O)O)c2)CC1. The number of piperazine rings is 1. The number of anilines is 1. The van der Waals surface area contributed by atoms with Crippen LogP contribution in [-0.4, -0.2) is 107 Å². The van der Waals surface area contributed by atoms with Crippen LogP contribution in [0, 0.1) is 0 Å². The summed E-state index contributed by atoms with van der Waals surface area (Å²) in [6, 6.07) is 14.9. The van der Waals surface area contributed by atoms with Crippen LogP contribution in [0.1, 0.15) is 48.3 Å². The molecular weight excluding hydrogens is 639 g/mol. The van der Waals surface area contributed by atoms with Gasteiger partial charge >= 0.3 is 13.7 Å². The van der Waals surface area contributed by atoms with Gasteiger partial charge in [-0.3, -0.25) is 14.2 Å². The van der Waals surface area contributed by atoms with Gasteiger partial charge in [-0.1, -0.05) is 55.8 Å². The minimum absolute atomic E-state index is 0.0133. The number of hydrogen-bond donors (Lipinski definition) is 3. The third-order valence-corrected chi connectivity index (χ3v) is 9.37. The molecule has 48 heavy (non-hydrogen) atoms. The summed E-state index contributed by atoms with van der Waals surface area (Å²) in [6.45, 7) is 4.38. The molecule has 2 aliphatic heterocycles. The quantitative estimate of drug-likeness (QED) is 0.201. The molecule has 0 bridgehead atoms. The lowest BCUT2D eigenvalue weighted by molar-refractivity contribution is -0.135. The van der Waals surface area contributed by atoms with Gasteiger partial charge in [-0.2, -0.15) is 0 Å². The first kappa shape index (κ1) is 35.0. The number of ether oxygens (including phenoxy) is 2. The second-order valence-corrected chi connectivity index (χ2v) is 13.3. The van der Waals surface area contributed by atoms with E-state index in [2.05, 4.69) is 10.3 Å². The van der Waals surface area contributed by atoms with Crippen LogP contribution in [0.3, 0.4) is 0 Å². The lowest BCUT2D eigenvalue weighted by Gasteiger charge is -2.36. The molecule has 2 fully saturated rings. The molecule has 2 atom stereocenters. The van der Waals surface area contributed by atoms with Crippen molar-refractivity contribution in [3.8, 4) is 11.4 Å². The first-order chi connectivity index (χ1) is 23.1. The predicted molar refractivity (Wildman–Crippen MR) is 178 cm³/mol. The number of benzene rings is 2. The molecule has 0 aliphatic carbocycles. The number of carbonyl (C=O) groups excluding carboxylic acids is 3. The van der Waals surface area contributed by atoms with Crippen molar-refractivity contribution in [3.05, 3.63) is 71.9 Å². The highest BCUT2D eigenvalue weighted by Crippen LogP contribution is 2.34. The van der Waals surface area contributed by atoms with Gasteiger partial charge in [-0.25, -0.2) is 14.8 Å². The van der Waals surface area contributed by atoms with Crippen molar-refractivity contribution < 1.29 is 38.2 Å². The van der Waals surface area contributed by atoms with Gasteiger partial charge < -0.3 is 39.3 Å². The minimum atomic E-state index is -4.67. The zero-order chi connectivity index (χ0) is 34.3. The molecule has 256 valence electrons. The summed E-state index contributed by atoms with van der Waals surface area (Å²) in [4.78, 5) is 74.6. The summed E-state index contributed by atoms with van der Waals surface area (Å²) in [7, 11) is -3.02. The van der Waals surface area contributed by atoms with E-state index in [1.807, 2.05) is 42.2 Å². The Hall–Kier alpha value is -4.36. The number of unbranched alkanes of at least 4 members (excludes halogenated alkanes) is 1. The number of carbonyl (C=O) groups is 3. The van der Waals surface area contributed by atoms with Crippen molar-refractivity contribution in [1.29, 1.82) is 0 Å². The maximum absolute atomic E-state index is 14.1. The predicted octanol–water partition coefficient (Wildman–Crippen LogP) is 2.72. The maximum atomic E-state index is 14.1. The number of hydrogen-bond acceptors (Lipinski definition) is 9. The molecule has 14 nitrogen and oxygen atoms in total. The topological polar surface area (TPSA) is 175 Å². The van der Waals surface area contributed by atoms with E-state index in [0.717, 1.165) is 19.3 Å². The minimum Gasteiger partial charge on any atom is -0.449 e. The Labute approximate surface area is 279 Å². The van der Waals surface area contributed by atoms with Gasteiger partial charge in [-0.05, 0) is 30.5 Å². The second kappa shape index (κ2) is 15.7. The average molecular weight is 681 g/mol. The third-order valence-electron chi connectivity index (χ3n) is 8.41. The summed E-state index contributed by atoms with van der Waals surface area (Å²) < 4.78 is 23.0. The highest BCUT2D eigenvalue weighted by atomic mass is 31.2. The van der Waals surface area contributed by atoms with Gasteiger partial charge in [-0.15, -0.1) is 0 Å². The van der Waals surface area contributed by atoms with Crippen LogP contribution in [0.5, 0.6) is 0 Å². The molecule has 3 aromatic rings. The second-order valence-electron chi connectivity index (χ2n) is 11.7. The smallest absolute Gasteiger partial charge is 0.409 e. The summed E-state index contributed by atoms with van der Waals surface area (Å²) >= 11 is 0. The van der Waals surface area contributed by atoms with E-state index in [0.29, 0.717) is 36.9 Å².